The molecule has 6 heteroatoms. The van der Waals surface area contributed by atoms with Crippen molar-refractivity contribution >= 4 is 5.78 Å². The van der Waals surface area contributed by atoms with Crippen LogP contribution in [0.4, 0.5) is 0 Å². The molecule has 0 spiro atoms. The fourth-order valence-corrected chi connectivity index (χ4v) is 3.68. The maximum Gasteiger partial charge on any atom is 0.165 e. The van der Waals surface area contributed by atoms with Gasteiger partial charge in [-0.05, 0) is 55.2 Å². The van der Waals surface area contributed by atoms with Crippen molar-refractivity contribution in [2.45, 2.75) is 37.9 Å². The van der Waals surface area contributed by atoms with E-state index in [0.29, 0.717) is 35.0 Å². The smallest absolute Gasteiger partial charge is 0.165 e. The Labute approximate surface area is 171 Å². The van der Waals surface area contributed by atoms with E-state index in [9.17, 15) is 4.79 Å². The number of methoxy groups -OCH3 is 4. The molecule has 2 aromatic rings. The molecule has 2 atom stereocenters. The first-order valence-corrected chi connectivity index (χ1v) is 9.72. The molecule has 156 valence electrons. The van der Waals surface area contributed by atoms with Gasteiger partial charge in [0.05, 0.1) is 40.6 Å². The second-order valence-corrected chi connectivity index (χ2v) is 6.99. The van der Waals surface area contributed by atoms with Crippen LogP contribution in [0, 0.1) is 0 Å². The van der Waals surface area contributed by atoms with E-state index in [1.165, 1.54) is 0 Å². The predicted octanol–water partition coefficient (Wildman–Crippen LogP) is 4.60. The zero-order valence-corrected chi connectivity index (χ0v) is 17.4. The zero-order valence-electron chi connectivity index (χ0n) is 17.4. The Morgan fingerprint density at radius 3 is 2.14 bits per heavy atom. The van der Waals surface area contributed by atoms with Crippen molar-refractivity contribution in [3.8, 4) is 23.0 Å². The lowest BCUT2D eigenvalue weighted by Crippen LogP contribution is -2.25. The van der Waals surface area contributed by atoms with Crippen molar-refractivity contribution in [2.24, 2.45) is 0 Å². The maximum atomic E-state index is 12.8. The molecule has 1 aliphatic heterocycles. The summed E-state index contributed by atoms with van der Waals surface area (Å²) in [5.74, 6) is 2.55. The third-order valence-electron chi connectivity index (χ3n) is 5.25. The van der Waals surface area contributed by atoms with E-state index in [4.69, 9.17) is 23.7 Å². The van der Waals surface area contributed by atoms with E-state index in [1.807, 2.05) is 18.2 Å². The number of ketones is 1. The molecule has 0 radical (unpaired) electrons. The Hall–Kier alpha value is -2.73. The lowest BCUT2D eigenvalue weighted by molar-refractivity contribution is -0.0509. The minimum atomic E-state index is -0.123. The Morgan fingerprint density at radius 2 is 1.48 bits per heavy atom. The predicted molar refractivity (Wildman–Crippen MR) is 110 cm³/mol. The number of carbonyl (C=O) groups is 1. The highest BCUT2D eigenvalue weighted by atomic mass is 16.5. The van der Waals surface area contributed by atoms with Crippen LogP contribution in [0.1, 0.15) is 47.7 Å². The third-order valence-corrected chi connectivity index (χ3v) is 5.25. The number of benzene rings is 2. The second-order valence-electron chi connectivity index (χ2n) is 6.99. The molecule has 0 aromatic heterocycles. The molecular formula is C23H28O6. The van der Waals surface area contributed by atoms with Crippen LogP contribution in [-0.2, 0) is 4.74 Å². The maximum absolute atomic E-state index is 12.8. The SMILES string of the molecule is COc1ccc(C(=O)C[C@@H]2CCC[C@H](c3ccc(OC)c(OC)c3)O2)cc1OC. The summed E-state index contributed by atoms with van der Waals surface area (Å²) in [6.45, 7) is 0. The summed E-state index contributed by atoms with van der Waals surface area (Å²) in [7, 11) is 6.37. The van der Waals surface area contributed by atoms with E-state index in [-0.39, 0.29) is 18.0 Å². The van der Waals surface area contributed by atoms with Crippen LogP contribution in [0.25, 0.3) is 0 Å². The van der Waals surface area contributed by atoms with Gasteiger partial charge >= 0.3 is 0 Å². The first kappa shape index (κ1) is 21.0. The average molecular weight is 400 g/mol. The number of rotatable bonds is 8. The Morgan fingerprint density at radius 1 is 0.862 bits per heavy atom. The monoisotopic (exact) mass is 400 g/mol. The van der Waals surface area contributed by atoms with Gasteiger partial charge in [-0.25, -0.2) is 0 Å². The molecule has 0 aliphatic carbocycles. The molecule has 3 rings (SSSR count). The van der Waals surface area contributed by atoms with E-state index in [0.717, 1.165) is 24.8 Å². The minimum absolute atomic E-state index is 0.0314. The van der Waals surface area contributed by atoms with E-state index >= 15 is 0 Å². The second kappa shape index (κ2) is 9.65. The normalized spacial score (nSPS) is 18.8. The highest BCUT2D eigenvalue weighted by molar-refractivity contribution is 5.97. The molecule has 0 amide bonds. The van der Waals surface area contributed by atoms with Crippen LogP contribution in [0.15, 0.2) is 36.4 Å². The third kappa shape index (κ3) is 4.82. The summed E-state index contributed by atoms with van der Waals surface area (Å²) in [5, 5.41) is 0. The highest BCUT2D eigenvalue weighted by Crippen LogP contribution is 2.37. The van der Waals surface area contributed by atoms with E-state index < -0.39 is 0 Å². The van der Waals surface area contributed by atoms with Crippen LogP contribution in [0.5, 0.6) is 23.0 Å². The van der Waals surface area contributed by atoms with Crippen molar-refractivity contribution in [3.05, 3.63) is 47.5 Å². The van der Waals surface area contributed by atoms with Crippen molar-refractivity contribution in [2.75, 3.05) is 28.4 Å². The lowest BCUT2D eigenvalue weighted by atomic mass is 9.94. The number of ether oxygens (including phenoxy) is 5. The molecule has 2 aromatic carbocycles. The number of carbonyl (C=O) groups excluding carboxylic acids is 1. The van der Waals surface area contributed by atoms with Crippen LogP contribution in [0.3, 0.4) is 0 Å². The van der Waals surface area contributed by atoms with Gasteiger partial charge in [0.1, 0.15) is 0 Å². The van der Waals surface area contributed by atoms with Gasteiger partial charge < -0.3 is 23.7 Å². The molecule has 6 nitrogen and oxygen atoms in total. The number of hydrogen-bond acceptors (Lipinski definition) is 6. The molecule has 29 heavy (non-hydrogen) atoms. The Kier molecular flexibility index (Phi) is 6.99. The standard InChI is InChI=1S/C23H28O6/c1-25-20-10-8-15(12-22(20)27-3)18(24)14-17-6-5-7-19(29-17)16-9-11-21(26-2)23(13-16)28-4/h8-13,17,19H,5-7,14H2,1-4H3/t17-,19+/m0/s1. The van der Waals surface area contributed by atoms with Crippen molar-refractivity contribution in [3.63, 3.8) is 0 Å². The Balaban J connectivity index is 1.69. The van der Waals surface area contributed by atoms with E-state index in [1.54, 1.807) is 46.6 Å². The van der Waals surface area contributed by atoms with Gasteiger partial charge in [0.2, 0.25) is 0 Å². The van der Waals surface area contributed by atoms with Crippen LogP contribution < -0.4 is 18.9 Å². The average Bonchev–Trinajstić information content (AvgIpc) is 2.78. The van der Waals surface area contributed by atoms with E-state index in [2.05, 4.69) is 0 Å². The lowest BCUT2D eigenvalue weighted by Gasteiger charge is -2.30. The van der Waals surface area contributed by atoms with Gasteiger partial charge in [0.15, 0.2) is 28.8 Å². The first-order chi connectivity index (χ1) is 14.1. The van der Waals surface area contributed by atoms with Gasteiger partial charge in [0.25, 0.3) is 0 Å². The molecule has 0 saturated carbocycles. The van der Waals surface area contributed by atoms with Gasteiger partial charge in [0, 0.05) is 12.0 Å². The van der Waals surface area contributed by atoms with Crippen LogP contribution in [0.2, 0.25) is 0 Å². The van der Waals surface area contributed by atoms with Crippen molar-refractivity contribution < 1.29 is 28.5 Å². The zero-order chi connectivity index (χ0) is 20.8. The minimum Gasteiger partial charge on any atom is -0.493 e. The van der Waals surface area contributed by atoms with Crippen molar-refractivity contribution in [1.82, 2.24) is 0 Å². The quantitative estimate of drug-likeness (QED) is 0.603. The molecule has 0 N–H and O–H groups in total. The first-order valence-electron chi connectivity index (χ1n) is 9.72. The topological polar surface area (TPSA) is 63.2 Å². The molecule has 1 fully saturated rings. The largest absolute Gasteiger partial charge is 0.493 e. The van der Waals surface area contributed by atoms with Crippen LogP contribution >= 0.6 is 0 Å². The number of Topliss-reactive ketones (excluding diaryl/α,β-unsaturated/α-hetero) is 1. The molecule has 0 bridgehead atoms. The molecule has 1 aliphatic rings. The summed E-state index contributed by atoms with van der Waals surface area (Å²) in [5.41, 5.74) is 1.63. The van der Waals surface area contributed by atoms with Gasteiger partial charge in [-0.2, -0.15) is 0 Å². The van der Waals surface area contributed by atoms with Gasteiger partial charge in [-0.3, -0.25) is 4.79 Å². The summed E-state index contributed by atoms with van der Waals surface area (Å²) >= 11 is 0. The van der Waals surface area contributed by atoms with Gasteiger partial charge in [-0.1, -0.05) is 6.07 Å². The fraction of sp³-hybridized carbons (Fsp3) is 0.435. The highest BCUT2D eigenvalue weighted by Gasteiger charge is 2.27. The Bertz CT molecular complexity index is 847. The van der Waals surface area contributed by atoms with Crippen LogP contribution in [-0.4, -0.2) is 40.3 Å². The van der Waals surface area contributed by atoms with Gasteiger partial charge in [-0.15, -0.1) is 0 Å². The molecule has 1 saturated heterocycles. The van der Waals surface area contributed by atoms with Crippen molar-refractivity contribution in [1.29, 1.82) is 0 Å². The fourth-order valence-electron chi connectivity index (χ4n) is 3.68. The summed E-state index contributed by atoms with van der Waals surface area (Å²) in [6, 6.07) is 11.1. The molecular weight excluding hydrogens is 372 g/mol. The molecule has 0 unspecified atom stereocenters. The summed E-state index contributed by atoms with van der Waals surface area (Å²) in [6.07, 6.45) is 2.93. The summed E-state index contributed by atoms with van der Waals surface area (Å²) in [4.78, 5) is 12.8. The summed E-state index contributed by atoms with van der Waals surface area (Å²) < 4.78 is 27.5. The number of hydrogen-bond donors (Lipinski definition) is 0. The molecule has 1 heterocycles.